The SMILES string of the molecule is CCOC(=O)CCCCCOc1cc(OC)ccc1CN. The summed E-state index contributed by atoms with van der Waals surface area (Å²) in [5, 5.41) is 0. The first-order valence-electron chi connectivity index (χ1n) is 7.36. The van der Waals surface area contributed by atoms with Crippen molar-refractivity contribution in [1.82, 2.24) is 0 Å². The molecule has 0 unspecified atom stereocenters. The highest BCUT2D eigenvalue weighted by atomic mass is 16.5. The molecule has 0 saturated carbocycles. The highest BCUT2D eigenvalue weighted by Gasteiger charge is 2.05. The summed E-state index contributed by atoms with van der Waals surface area (Å²) in [4.78, 5) is 11.2. The van der Waals surface area contributed by atoms with Crippen molar-refractivity contribution in [1.29, 1.82) is 0 Å². The van der Waals surface area contributed by atoms with Gasteiger partial charge in [0.1, 0.15) is 11.5 Å². The number of hydrogen-bond acceptors (Lipinski definition) is 5. The zero-order valence-corrected chi connectivity index (χ0v) is 12.9. The quantitative estimate of drug-likeness (QED) is 0.531. The van der Waals surface area contributed by atoms with E-state index in [2.05, 4.69) is 0 Å². The molecule has 0 fully saturated rings. The van der Waals surface area contributed by atoms with E-state index in [1.165, 1.54) is 0 Å². The minimum atomic E-state index is -0.128. The van der Waals surface area contributed by atoms with Gasteiger partial charge in [-0.2, -0.15) is 0 Å². The minimum absolute atomic E-state index is 0.128. The second-order valence-corrected chi connectivity index (χ2v) is 4.64. The molecule has 0 heterocycles. The lowest BCUT2D eigenvalue weighted by molar-refractivity contribution is -0.143. The maximum atomic E-state index is 11.2. The van der Waals surface area contributed by atoms with E-state index in [1.54, 1.807) is 7.11 Å². The lowest BCUT2D eigenvalue weighted by Crippen LogP contribution is -2.05. The Morgan fingerprint density at radius 1 is 1.24 bits per heavy atom. The number of nitrogens with two attached hydrogens (primary N) is 1. The second kappa shape index (κ2) is 10.0. The van der Waals surface area contributed by atoms with Crippen molar-refractivity contribution in [2.24, 2.45) is 5.73 Å². The summed E-state index contributed by atoms with van der Waals surface area (Å²) in [7, 11) is 1.62. The van der Waals surface area contributed by atoms with Crippen LogP contribution in [0.5, 0.6) is 11.5 Å². The Bertz CT molecular complexity index is 434. The van der Waals surface area contributed by atoms with Gasteiger partial charge in [-0.15, -0.1) is 0 Å². The van der Waals surface area contributed by atoms with Crippen LogP contribution in [0, 0.1) is 0 Å². The van der Waals surface area contributed by atoms with E-state index < -0.39 is 0 Å². The van der Waals surface area contributed by atoms with Gasteiger partial charge in [0.15, 0.2) is 0 Å². The number of esters is 1. The van der Waals surface area contributed by atoms with E-state index in [4.69, 9.17) is 19.9 Å². The first kappa shape index (κ1) is 17.3. The molecule has 118 valence electrons. The molecular formula is C16H25NO4. The van der Waals surface area contributed by atoms with Crippen LogP contribution in [0.4, 0.5) is 0 Å². The van der Waals surface area contributed by atoms with Gasteiger partial charge >= 0.3 is 5.97 Å². The lowest BCUT2D eigenvalue weighted by Gasteiger charge is -2.12. The number of hydrogen-bond donors (Lipinski definition) is 1. The molecule has 0 radical (unpaired) electrons. The van der Waals surface area contributed by atoms with Gasteiger partial charge in [0.05, 0.1) is 20.3 Å². The second-order valence-electron chi connectivity index (χ2n) is 4.64. The molecule has 0 bridgehead atoms. The molecule has 0 saturated heterocycles. The maximum absolute atomic E-state index is 11.2. The number of unbranched alkanes of at least 4 members (excludes halogenated alkanes) is 2. The molecule has 2 N–H and O–H groups in total. The maximum Gasteiger partial charge on any atom is 0.305 e. The smallest absolute Gasteiger partial charge is 0.305 e. The van der Waals surface area contributed by atoms with Crippen molar-refractivity contribution in [2.45, 2.75) is 39.2 Å². The third-order valence-corrected chi connectivity index (χ3v) is 3.08. The van der Waals surface area contributed by atoms with Gasteiger partial charge in [-0.05, 0) is 32.3 Å². The standard InChI is InChI=1S/C16H25NO4/c1-3-20-16(18)7-5-4-6-10-21-15-11-14(19-2)9-8-13(15)12-17/h8-9,11H,3-7,10,12,17H2,1-2H3. The van der Waals surface area contributed by atoms with Gasteiger partial charge in [-0.1, -0.05) is 6.07 Å². The fourth-order valence-electron chi connectivity index (χ4n) is 1.93. The number of methoxy groups -OCH3 is 1. The van der Waals surface area contributed by atoms with Crippen molar-refractivity contribution in [3.8, 4) is 11.5 Å². The van der Waals surface area contributed by atoms with E-state index in [0.717, 1.165) is 36.3 Å². The Kier molecular flexibility index (Phi) is 8.28. The van der Waals surface area contributed by atoms with Gasteiger partial charge in [-0.25, -0.2) is 0 Å². The van der Waals surface area contributed by atoms with Crippen LogP contribution >= 0.6 is 0 Å². The average Bonchev–Trinajstić information content (AvgIpc) is 2.50. The molecule has 21 heavy (non-hydrogen) atoms. The number of benzene rings is 1. The third kappa shape index (κ3) is 6.49. The van der Waals surface area contributed by atoms with Crippen LogP contribution in [-0.2, 0) is 16.1 Å². The molecule has 0 aromatic heterocycles. The summed E-state index contributed by atoms with van der Waals surface area (Å²) >= 11 is 0. The van der Waals surface area contributed by atoms with Crippen LogP contribution in [0.25, 0.3) is 0 Å². The normalized spacial score (nSPS) is 10.2. The Balaban J connectivity index is 2.27. The van der Waals surface area contributed by atoms with Gasteiger partial charge < -0.3 is 19.9 Å². The van der Waals surface area contributed by atoms with Gasteiger partial charge in [-0.3, -0.25) is 4.79 Å². The topological polar surface area (TPSA) is 70.8 Å². The van der Waals surface area contributed by atoms with E-state index in [9.17, 15) is 4.79 Å². The highest BCUT2D eigenvalue weighted by Crippen LogP contribution is 2.24. The van der Waals surface area contributed by atoms with Crippen molar-refractivity contribution in [2.75, 3.05) is 20.3 Å². The molecule has 1 aromatic rings. The summed E-state index contributed by atoms with van der Waals surface area (Å²) in [6.45, 7) is 3.29. The van der Waals surface area contributed by atoms with Crippen LogP contribution in [0.2, 0.25) is 0 Å². The van der Waals surface area contributed by atoms with Gasteiger partial charge in [0.2, 0.25) is 0 Å². The van der Waals surface area contributed by atoms with Crippen molar-refractivity contribution in [3.63, 3.8) is 0 Å². The predicted octanol–water partition coefficient (Wildman–Crippen LogP) is 2.66. The fourth-order valence-corrected chi connectivity index (χ4v) is 1.93. The summed E-state index contributed by atoms with van der Waals surface area (Å²) in [5.74, 6) is 1.39. The Morgan fingerprint density at radius 2 is 2.05 bits per heavy atom. The summed E-state index contributed by atoms with van der Waals surface area (Å²) < 4.78 is 15.8. The van der Waals surface area contributed by atoms with Crippen molar-refractivity contribution < 1.29 is 19.0 Å². The highest BCUT2D eigenvalue weighted by molar-refractivity contribution is 5.69. The van der Waals surface area contributed by atoms with Crippen molar-refractivity contribution in [3.05, 3.63) is 23.8 Å². The molecule has 0 aliphatic carbocycles. The lowest BCUT2D eigenvalue weighted by atomic mass is 10.2. The minimum Gasteiger partial charge on any atom is -0.497 e. The van der Waals surface area contributed by atoms with Gasteiger partial charge in [0, 0.05) is 24.6 Å². The van der Waals surface area contributed by atoms with E-state index >= 15 is 0 Å². The van der Waals surface area contributed by atoms with Crippen LogP contribution in [0.1, 0.15) is 38.2 Å². The molecule has 0 amide bonds. The fraction of sp³-hybridized carbons (Fsp3) is 0.562. The van der Waals surface area contributed by atoms with Crippen molar-refractivity contribution >= 4 is 5.97 Å². The summed E-state index contributed by atoms with van der Waals surface area (Å²) in [6, 6.07) is 5.63. The number of ether oxygens (including phenoxy) is 3. The molecule has 0 aliphatic heterocycles. The van der Waals surface area contributed by atoms with Crippen LogP contribution in [0.3, 0.4) is 0 Å². The monoisotopic (exact) mass is 295 g/mol. The largest absolute Gasteiger partial charge is 0.497 e. The number of carbonyl (C=O) groups is 1. The molecule has 5 nitrogen and oxygen atoms in total. The third-order valence-electron chi connectivity index (χ3n) is 3.08. The first-order chi connectivity index (χ1) is 10.2. The van der Waals surface area contributed by atoms with E-state index in [0.29, 0.717) is 26.2 Å². The van der Waals surface area contributed by atoms with E-state index in [1.807, 2.05) is 25.1 Å². The van der Waals surface area contributed by atoms with Crippen LogP contribution < -0.4 is 15.2 Å². The molecule has 1 aromatic carbocycles. The molecule has 5 heteroatoms. The average molecular weight is 295 g/mol. The Morgan fingerprint density at radius 3 is 2.71 bits per heavy atom. The Labute approximate surface area is 126 Å². The molecule has 0 aliphatic rings. The molecular weight excluding hydrogens is 270 g/mol. The molecule has 0 atom stereocenters. The molecule has 1 rings (SSSR count). The summed E-state index contributed by atoms with van der Waals surface area (Å²) in [5.41, 5.74) is 6.64. The van der Waals surface area contributed by atoms with Gasteiger partial charge in [0.25, 0.3) is 0 Å². The van der Waals surface area contributed by atoms with Crippen LogP contribution in [-0.4, -0.2) is 26.3 Å². The van der Waals surface area contributed by atoms with Crippen LogP contribution in [0.15, 0.2) is 18.2 Å². The molecule has 0 spiro atoms. The number of carbonyl (C=O) groups excluding carboxylic acids is 1. The Hall–Kier alpha value is -1.75. The predicted molar refractivity (Wildman–Crippen MR) is 81.5 cm³/mol. The number of rotatable bonds is 10. The van der Waals surface area contributed by atoms with E-state index in [-0.39, 0.29) is 5.97 Å². The zero-order valence-electron chi connectivity index (χ0n) is 12.9. The first-order valence-corrected chi connectivity index (χ1v) is 7.36. The zero-order chi connectivity index (χ0) is 15.5. The summed E-state index contributed by atoms with van der Waals surface area (Å²) in [6.07, 6.45) is 3.12.